The highest BCUT2D eigenvalue weighted by atomic mass is 16.3. The van der Waals surface area contributed by atoms with Gasteiger partial charge in [-0.25, -0.2) is 0 Å². The molecule has 72 valence electrons. The second kappa shape index (κ2) is 2.71. The number of aliphatic hydroxyl groups is 1. The SMILES string of the molecule is CC1=C(O)C=CC2(C)C(=O)C=CC=C12. The van der Waals surface area contributed by atoms with Gasteiger partial charge in [0.15, 0.2) is 5.78 Å². The van der Waals surface area contributed by atoms with Gasteiger partial charge in [0.2, 0.25) is 0 Å². The summed E-state index contributed by atoms with van der Waals surface area (Å²) in [6.45, 7) is 3.70. The number of ketones is 1. The number of hydrogen-bond acceptors (Lipinski definition) is 2. The summed E-state index contributed by atoms with van der Waals surface area (Å²) in [5.41, 5.74) is 1.10. The predicted octanol–water partition coefficient (Wildman–Crippen LogP) is 2.46. The number of rotatable bonds is 0. The Balaban J connectivity index is 2.63. The molecule has 2 heteroatoms. The molecule has 0 heterocycles. The molecule has 0 saturated carbocycles. The first-order valence-corrected chi connectivity index (χ1v) is 4.58. The Morgan fingerprint density at radius 2 is 2.07 bits per heavy atom. The van der Waals surface area contributed by atoms with Crippen LogP contribution in [0, 0.1) is 5.41 Å². The van der Waals surface area contributed by atoms with Crippen LogP contribution in [0.4, 0.5) is 0 Å². The zero-order chi connectivity index (χ0) is 10.3. The standard InChI is InChI=1S/C12H12O2/c1-8-9-4-3-5-11(14)12(9,2)7-6-10(8)13/h3-7,13H,1-2H3. The highest BCUT2D eigenvalue weighted by molar-refractivity contribution is 6.01. The largest absolute Gasteiger partial charge is 0.508 e. The molecule has 1 atom stereocenters. The molecular formula is C12H12O2. The van der Waals surface area contributed by atoms with Crippen LogP contribution in [0.15, 0.2) is 47.3 Å². The van der Waals surface area contributed by atoms with E-state index in [2.05, 4.69) is 0 Å². The van der Waals surface area contributed by atoms with Gasteiger partial charge in [-0.3, -0.25) is 4.79 Å². The third-order valence-electron chi connectivity index (χ3n) is 2.94. The molecule has 0 amide bonds. The normalized spacial score (nSPS) is 30.4. The van der Waals surface area contributed by atoms with Gasteiger partial charge in [-0.05, 0) is 37.1 Å². The lowest BCUT2D eigenvalue weighted by atomic mass is 9.70. The minimum atomic E-state index is -0.578. The van der Waals surface area contributed by atoms with Gasteiger partial charge in [-0.1, -0.05) is 18.2 Å². The van der Waals surface area contributed by atoms with Crippen molar-refractivity contribution in [3.63, 3.8) is 0 Å². The van der Waals surface area contributed by atoms with E-state index in [1.165, 1.54) is 0 Å². The van der Waals surface area contributed by atoms with Gasteiger partial charge in [0.1, 0.15) is 5.76 Å². The summed E-state index contributed by atoms with van der Waals surface area (Å²) >= 11 is 0. The predicted molar refractivity (Wildman–Crippen MR) is 54.8 cm³/mol. The van der Waals surface area contributed by atoms with Crippen LogP contribution in [0.1, 0.15) is 13.8 Å². The minimum absolute atomic E-state index is 0.0677. The first-order chi connectivity index (χ1) is 6.55. The summed E-state index contributed by atoms with van der Waals surface area (Å²) in [4.78, 5) is 11.7. The molecule has 14 heavy (non-hydrogen) atoms. The second-order valence-corrected chi connectivity index (χ2v) is 3.85. The number of carbonyl (C=O) groups is 1. The van der Waals surface area contributed by atoms with Gasteiger partial charge in [-0.2, -0.15) is 0 Å². The van der Waals surface area contributed by atoms with Crippen LogP contribution in [0.3, 0.4) is 0 Å². The van der Waals surface area contributed by atoms with Crippen molar-refractivity contribution >= 4 is 5.78 Å². The molecule has 0 fully saturated rings. The highest BCUT2D eigenvalue weighted by Crippen LogP contribution is 2.41. The molecule has 0 spiro atoms. The second-order valence-electron chi connectivity index (χ2n) is 3.85. The van der Waals surface area contributed by atoms with Gasteiger partial charge in [0.25, 0.3) is 0 Å². The number of hydrogen-bond donors (Lipinski definition) is 1. The molecule has 1 N–H and O–H groups in total. The number of fused-ring (bicyclic) bond motifs is 1. The molecule has 1 unspecified atom stereocenters. The summed E-state index contributed by atoms with van der Waals surface area (Å²) in [6.07, 6.45) is 8.55. The van der Waals surface area contributed by atoms with Crippen LogP contribution in [-0.2, 0) is 4.79 Å². The van der Waals surface area contributed by atoms with Gasteiger partial charge in [0, 0.05) is 0 Å². The van der Waals surface area contributed by atoms with E-state index >= 15 is 0 Å². The Bertz CT molecular complexity index is 422. The first kappa shape index (κ1) is 9.00. The van der Waals surface area contributed by atoms with Gasteiger partial charge in [0.05, 0.1) is 5.41 Å². The zero-order valence-corrected chi connectivity index (χ0v) is 8.24. The Morgan fingerprint density at radius 1 is 1.36 bits per heavy atom. The van der Waals surface area contributed by atoms with Crippen molar-refractivity contribution in [3.8, 4) is 0 Å². The Kier molecular flexibility index (Phi) is 1.74. The average Bonchev–Trinajstić information content (AvgIpc) is 2.16. The lowest BCUT2D eigenvalue weighted by Crippen LogP contribution is -2.30. The van der Waals surface area contributed by atoms with Gasteiger partial charge in [-0.15, -0.1) is 0 Å². The molecule has 0 aromatic rings. The molecule has 0 saturated heterocycles. The highest BCUT2D eigenvalue weighted by Gasteiger charge is 2.37. The van der Waals surface area contributed by atoms with Gasteiger partial charge < -0.3 is 5.11 Å². The molecule has 2 aliphatic carbocycles. The third-order valence-corrected chi connectivity index (χ3v) is 2.94. The monoisotopic (exact) mass is 188 g/mol. The van der Waals surface area contributed by atoms with Crippen LogP contribution < -0.4 is 0 Å². The molecule has 2 aliphatic rings. The molecule has 0 aromatic carbocycles. The lowest BCUT2D eigenvalue weighted by molar-refractivity contribution is -0.119. The van der Waals surface area contributed by atoms with Crippen LogP contribution in [-0.4, -0.2) is 10.9 Å². The van der Waals surface area contributed by atoms with E-state index in [4.69, 9.17) is 0 Å². The topological polar surface area (TPSA) is 37.3 Å². The quantitative estimate of drug-likeness (QED) is 0.634. The maximum atomic E-state index is 11.7. The van der Waals surface area contributed by atoms with E-state index in [1.807, 2.05) is 19.9 Å². The van der Waals surface area contributed by atoms with Crippen LogP contribution >= 0.6 is 0 Å². The van der Waals surface area contributed by atoms with E-state index in [-0.39, 0.29) is 11.5 Å². The first-order valence-electron chi connectivity index (χ1n) is 4.58. The summed E-state index contributed by atoms with van der Waals surface area (Å²) in [5, 5.41) is 9.53. The number of carbonyl (C=O) groups excluding carboxylic acids is 1. The Morgan fingerprint density at radius 3 is 2.79 bits per heavy atom. The van der Waals surface area contributed by atoms with Crippen molar-refractivity contribution < 1.29 is 9.90 Å². The number of aliphatic hydroxyl groups excluding tert-OH is 1. The lowest BCUT2D eigenvalue weighted by Gasteiger charge is -2.32. The fourth-order valence-electron chi connectivity index (χ4n) is 1.91. The minimum Gasteiger partial charge on any atom is -0.508 e. The molecule has 0 aliphatic heterocycles. The maximum absolute atomic E-state index is 11.7. The molecule has 0 aromatic heterocycles. The smallest absolute Gasteiger partial charge is 0.169 e. The molecule has 2 nitrogen and oxygen atoms in total. The number of allylic oxidation sites excluding steroid dienone is 7. The Hall–Kier alpha value is -1.57. The van der Waals surface area contributed by atoms with Crippen molar-refractivity contribution in [2.24, 2.45) is 5.41 Å². The van der Waals surface area contributed by atoms with E-state index in [1.54, 1.807) is 24.3 Å². The molecule has 0 bridgehead atoms. The Labute approximate surface area is 82.9 Å². The van der Waals surface area contributed by atoms with Crippen molar-refractivity contribution in [1.29, 1.82) is 0 Å². The summed E-state index contributed by atoms with van der Waals surface area (Å²) in [5.74, 6) is 0.315. The van der Waals surface area contributed by atoms with Crippen LogP contribution in [0.25, 0.3) is 0 Å². The zero-order valence-electron chi connectivity index (χ0n) is 8.24. The third kappa shape index (κ3) is 1.00. The average molecular weight is 188 g/mol. The van der Waals surface area contributed by atoms with Crippen molar-refractivity contribution in [1.82, 2.24) is 0 Å². The molecular weight excluding hydrogens is 176 g/mol. The molecule has 2 rings (SSSR count). The van der Waals surface area contributed by atoms with Crippen molar-refractivity contribution in [3.05, 3.63) is 47.3 Å². The van der Waals surface area contributed by atoms with Gasteiger partial charge >= 0.3 is 0 Å². The van der Waals surface area contributed by atoms with Crippen LogP contribution in [0.5, 0.6) is 0 Å². The van der Waals surface area contributed by atoms with Crippen LogP contribution in [0.2, 0.25) is 0 Å². The summed E-state index contributed by atoms with van der Waals surface area (Å²) < 4.78 is 0. The summed E-state index contributed by atoms with van der Waals surface area (Å²) in [7, 11) is 0. The fraction of sp³-hybridized carbons (Fsp3) is 0.250. The van der Waals surface area contributed by atoms with Crippen molar-refractivity contribution in [2.75, 3.05) is 0 Å². The van der Waals surface area contributed by atoms with E-state index < -0.39 is 5.41 Å². The maximum Gasteiger partial charge on any atom is 0.169 e. The van der Waals surface area contributed by atoms with E-state index in [0.29, 0.717) is 0 Å². The molecule has 0 radical (unpaired) electrons. The van der Waals surface area contributed by atoms with Crippen molar-refractivity contribution in [2.45, 2.75) is 13.8 Å². The fourth-order valence-corrected chi connectivity index (χ4v) is 1.91. The van der Waals surface area contributed by atoms with E-state index in [0.717, 1.165) is 11.1 Å². The van der Waals surface area contributed by atoms with E-state index in [9.17, 15) is 9.90 Å². The summed E-state index contributed by atoms with van der Waals surface area (Å²) in [6, 6.07) is 0.